The quantitative estimate of drug-likeness (QED) is 0.885. The predicted octanol–water partition coefficient (Wildman–Crippen LogP) is 4.40. The van der Waals surface area contributed by atoms with Gasteiger partial charge in [0.25, 0.3) is 0 Å². The average Bonchev–Trinajstić information content (AvgIpc) is 3.39. The molecule has 1 fully saturated rings. The Balaban J connectivity index is 1.62. The van der Waals surface area contributed by atoms with Crippen LogP contribution in [0.1, 0.15) is 29.5 Å². The number of carbonyl (C=O) groups is 1. The summed E-state index contributed by atoms with van der Waals surface area (Å²) < 4.78 is 11.2. The number of rotatable bonds is 3. The molecule has 2 aromatic rings. The van der Waals surface area contributed by atoms with Crippen LogP contribution in [0.4, 0.5) is 5.69 Å². The van der Waals surface area contributed by atoms with E-state index < -0.39 is 5.41 Å². The monoisotopic (exact) mass is 357 g/mol. The van der Waals surface area contributed by atoms with Gasteiger partial charge in [-0.2, -0.15) is 0 Å². The molecule has 2 aliphatic rings. The van der Waals surface area contributed by atoms with Crippen LogP contribution in [-0.2, 0) is 10.2 Å². The van der Waals surface area contributed by atoms with E-state index in [1.807, 2.05) is 44.2 Å². The van der Waals surface area contributed by atoms with Crippen molar-refractivity contribution in [3.63, 3.8) is 0 Å². The van der Waals surface area contributed by atoms with Crippen LogP contribution in [0.3, 0.4) is 0 Å². The van der Waals surface area contributed by atoms with Gasteiger partial charge in [-0.3, -0.25) is 4.79 Å². The van der Waals surface area contributed by atoms with Crippen molar-refractivity contribution in [2.75, 3.05) is 18.5 Å². The Labute approximate surface area is 152 Å². The normalized spacial score (nSPS) is 17.1. The van der Waals surface area contributed by atoms with Crippen molar-refractivity contribution in [3.05, 3.63) is 52.0 Å². The Bertz CT molecular complexity index is 835. The van der Waals surface area contributed by atoms with Gasteiger partial charge in [-0.15, -0.1) is 0 Å². The second-order valence-electron chi connectivity index (χ2n) is 6.83. The van der Waals surface area contributed by atoms with E-state index in [0.29, 0.717) is 29.7 Å². The molecule has 1 aliphatic carbocycles. The lowest BCUT2D eigenvalue weighted by Crippen LogP contribution is -2.28. The third-order valence-electron chi connectivity index (χ3n) is 4.95. The fourth-order valence-corrected chi connectivity index (χ4v) is 3.79. The van der Waals surface area contributed by atoms with Crippen molar-refractivity contribution in [3.8, 4) is 11.5 Å². The summed E-state index contributed by atoms with van der Waals surface area (Å²) in [4.78, 5) is 13.0. The number of nitrogens with one attached hydrogen (secondary N) is 1. The van der Waals surface area contributed by atoms with Gasteiger partial charge in [0, 0.05) is 0 Å². The summed E-state index contributed by atoms with van der Waals surface area (Å²) in [5.41, 5.74) is 3.21. The average molecular weight is 358 g/mol. The fraction of sp³-hybridized carbons (Fsp3) is 0.350. The number of amides is 1. The molecule has 0 unspecified atom stereocenters. The molecular formula is C20H20ClNO3. The molecular weight excluding hydrogens is 338 g/mol. The highest BCUT2D eigenvalue weighted by atomic mass is 35.5. The van der Waals surface area contributed by atoms with Gasteiger partial charge < -0.3 is 14.8 Å². The lowest BCUT2D eigenvalue weighted by Gasteiger charge is -2.22. The van der Waals surface area contributed by atoms with Crippen LogP contribution in [0, 0.1) is 13.8 Å². The zero-order valence-electron chi connectivity index (χ0n) is 14.3. The van der Waals surface area contributed by atoms with Gasteiger partial charge >= 0.3 is 0 Å². The molecule has 0 radical (unpaired) electrons. The van der Waals surface area contributed by atoms with Crippen molar-refractivity contribution >= 4 is 23.2 Å². The fourth-order valence-electron chi connectivity index (χ4n) is 3.42. The van der Waals surface area contributed by atoms with E-state index in [-0.39, 0.29) is 5.91 Å². The van der Waals surface area contributed by atoms with E-state index in [4.69, 9.17) is 21.1 Å². The highest BCUT2D eigenvalue weighted by Crippen LogP contribution is 2.51. The summed E-state index contributed by atoms with van der Waals surface area (Å²) in [6.07, 6.45) is 1.64. The standard InChI is InChI=1S/C20H20ClNO3/c1-12-9-13(2)18(15(21)10-12)22-19(23)20(5-6-20)14-3-4-16-17(11-14)25-8-7-24-16/h3-4,9-11H,5-8H2,1-2H3,(H,22,23). The molecule has 0 saturated heterocycles. The molecule has 2 aromatic carbocycles. The van der Waals surface area contributed by atoms with Crippen molar-refractivity contribution in [1.29, 1.82) is 0 Å². The van der Waals surface area contributed by atoms with Crippen molar-refractivity contribution in [2.45, 2.75) is 32.1 Å². The van der Waals surface area contributed by atoms with Crippen LogP contribution in [0.15, 0.2) is 30.3 Å². The number of hydrogen-bond donors (Lipinski definition) is 1. The van der Waals surface area contributed by atoms with E-state index in [9.17, 15) is 4.79 Å². The van der Waals surface area contributed by atoms with Crippen molar-refractivity contribution in [1.82, 2.24) is 0 Å². The third-order valence-corrected chi connectivity index (χ3v) is 5.25. The van der Waals surface area contributed by atoms with Gasteiger partial charge in [0.05, 0.1) is 16.1 Å². The molecule has 0 spiro atoms. The number of hydrogen-bond acceptors (Lipinski definition) is 3. The Hall–Kier alpha value is -2.20. The maximum Gasteiger partial charge on any atom is 0.235 e. The highest BCUT2D eigenvalue weighted by molar-refractivity contribution is 6.34. The smallest absolute Gasteiger partial charge is 0.235 e. The van der Waals surface area contributed by atoms with E-state index in [1.54, 1.807) is 0 Å². The number of ether oxygens (including phenoxy) is 2. The molecule has 130 valence electrons. The first-order valence-corrected chi connectivity index (χ1v) is 8.86. The molecule has 1 N–H and O–H groups in total. The lowest BCUT2D eigenvalue weighted by molar-refractivity contribution is -0.118. The van der Waals surface area contributed by atoms with Crippen LogP contribution in [0.25, 0.3) is 0 Å². The zero-order valence-corrected chi connectivity index (χ0v) is 15.1. The van der Waals surface area contributed by atoms with Crippen LogP contribution < -0.4 is 14.8 Å². The van der Waals surface area contributed by atoms with Crippen LogP contribution in [-0.4, -0.2) is 19.1 Å². The molecule has 5 heteroatoms. The minimum absolute atomic E-state index is 0.0157. The molecule has 1 saturated carbocycles. The maximum atomic E-state index is 13.0. The van der Waals surface area contributed by atoms with E-state index >= 15 is 0 Å². The second kappa shape index (κ2) is 5.95. The zero-order chi connectivity index (χ0) is 17.6. The number of fused-ring (bicyclic) bond motifs is 1. The molecule has 0 atom stereocenters. The first-order chi connectivity index (χ1) is 12.0. The first kappa shape index (κ1) is 16.3. The molecule has 1 aliphatic heterocycles. The number of carbonyl (C=O) groups excluding carboxylic acids is 1. The number of aryl methyl sites for hydroxylation is 2. The van der Waals surface area contributed by atoms with E-state index in [1.165, 1.54) is 0 Å². The molecule has 0 aromatic heterocycles. The van der Waals surface area contributed by atoms with Gasteiger partial charge in [0.15, 0.2) is 11.5 Å². The summed E-state index contributed by atoms with van der Waals surface area (Å²) >= 11 is 6.34. The summed E-state index contributed by atoms with van der Waals surface area (Å²) in [5, 5.41) is 3.62. The Morgan fingerprint density at radius 3 is 2.48 bits per heavy atom. The molecule has 4 nitrogen and oxygen atoms in total. The first-order valence-electron chi connectivity index (χ1n) is 8.48. The minimum Gasteiger partial charge on any atom is -0.486 e. The largest absolute Gasteiger partial charge is 0.486 e. The van der Waals surface area contributed by atoms with Crippen molar-refractivity contribution in [2.24, 2.45) is 0 Å². The molecule has 25 heavy (non-hydrogen) atoms. The summed E-state index contributed by atoms with van der Waals surface area (Å²) in [7, 11) is 0. The second-order valence-corrected chi connectivity index (χ2v) is 7.24. The van der Waals surface area contributed by atoms with Gasteiger partial charge in [-0.25, -0.2) is 0 Å². The van der Waals surface area contributed by atoms with Gasteiger partial charge in [0.1, 0.15) is 13.2 Å². The van der Waals surface area contributed by atoms with Crippen LogP contribution in [0.2, 0.25) is 5.02 Å². The third kappa shape index (κ3) is 2.85. The summed E-state index contributed by atoms with van der Waals surface area (Å²) in [5.74, 6) is 1.44. The molecule has 1 amide bonds. The Morgan fingerprint density at radius 2 is 1.80 bits per heavy atom. The summed E-state index contributed by atoms with van der Waals surface area (Å²) in [6, 6.07) is 9.68. The number of benzene rings is 2. The predicted molar refractivity (Wildman–Crippen MR) is 97.9 cm³/mol. The minimum atomic E-state index is -0.503. The van der Waals surface area contributed by atoms with Crippen LogP contribution >= 0.6 is 11.6 Å². The number of halogens is 1. The van der Waals surface area contributed by atoms with Crippen molar-refractivity contribution < 1.29 is 14.3 Å². The lowest BCUT2D eigenvalue weighted by atomic mass is 9.94. The highest BCUT2D eigenvalue weighted by Gasteiger charge is 2.51. The molecule has 1 heterocycles. The van der Waals surface area contributed by atoms with Gasteiger partial charge in [-0.05, 0) is 61.6 Å². The molecule has 0 bridgehead atoms. The maximum absolute atomic E-state index is 13.0. The number of anilines is 1. The Kier molecular flexibility index (Phi) is 3.88. The van der Waals surface area contributed by atoms with E-state index in [0.717, 1.165) is 35.3 Å². The Morgan fingerprint density at radius 1 is 1.08 bits per heavy atom. The SMILES string of the molecule is Cc1cc(C)c(NC(=O)C2(c3ccc4c(c3)OCCO4)CC2)c(Cl)c1. The molecule has 4 rings (SSSR count). The summed E-state index contributed by atoms with van der Waals surface area (Å²) in [6.45, 7) is 5.04. The van der Waals surface area contributed by atoms with E-state index in [2.05, 4.69) is 5.32 Å². The van der Waals surface area contributed by atoms with Gasteiger partial charge in [-0.1, -0.05) is 23.7 Å². The topological polar surface area (TPSA) is 47.6 Å². The van der Waals surface area contributed by atoms with Gasteiger partial charge in [0.2, 0.25) is 5.91 Å². The van der Waals surface area contributed by atoms with Crippen LogP contribution in [0.5, 0.6) is 11.5 Å².